The van der Waals surface area contributed by atoms with Crippen LogP contribution in [0.5, 0.6) is 5.88 Å². The van der Waals surface area contributed by atoms with Crippen LogP contribution in [0.1, 0.15) is 65.9 Å². The molecule has 0 saturated carbocycles. The average Bonchev–Trinajstić information content (AvgIpc) is 3.75. The molecular weight excluding hydrogens is 868 g/mol. The van der Waals surface area contributed by atoms with Crippen LogP contribution in [0.4, 0.5) is 25.6 Å². The van der Waals surface area contributed by atoms with E-state index in [-0.39, 0.29) is 55.5 Å². The number of alkyl carbamates (subject to hydrolysis) is 2. The lowest BCUT2D eigenvalue weighted by Gasteiger charge is -2.29. The third kappa shape index (κ3) is 13.1. The van der Waals surface area contributed by atoms with E-state index in [4.69, 9.17) is 29.0 Å². The molecule has 1 unspecified atom stereocenters. The summed E-state index contributed by atoms with van der Waals surface area (Å²) >= 11 is 0. The van der Waals surface area contributed by atoms with Crippen molar-refractivity contribution in [3.63, 3.8) is 0 Å². The number of fused-ring (bicyclic) bond motifs is 1. The van der Waals surface area contributed by atoms with E-state index >= 15 is 4.39 Å². The summed E-state index contributed by atoms with van der Waals surface area (Å²) in [5.41, 5.74) is 5.20. The number of nitrogens with zero attached hydrogens (tertiary/aromatic N) is 5. The van der Waals surface area contributed by atoms with Crippen LogP contribution in [0.15, 0.2) is 134 Å². The highest BCUT2D eigenvalue weighted by Gasteiger charge is 2.28. The molecule has 0 aliphatic heterocycles. The molecule has 3 aromatic heterocycles. The summed E-state index contributed by atoms with van der Waals surface area (Å²) in [7, 11) is 0. The van der Waals surface area contributed by atoms with Gasteiger partial charge >= 0.3 is 18.2 Å². The highest BCUT2D eigenvalue weighted by atomic mass is 19.1. The van der Waals surface area contributed by atoms with Gasteiger partial charge in [-0.1, -0.05) is 121 Å². The number of halogens is 1. The molecule has 0 radical (unpaired) electrons. The number of carbonyl (C=O) groups is 3. The molecule has 1 atom stereocenters. The Morgan fingerprint density at radius 1 is 0.779 bits per heavy atom. The molecule has 4 aromatic carbocycles. The van der Waals surface area contributed by atoms with E-state index in [1.54, 1.807) is 32.2 Å². The molecule has 7 rings (SSSR count). The van der Waals surface area contributed by atoms with E-state index in [9.17, 15) is 14.4 Å². The highest BCUT2D eigenvalue weighted by Crippen LogP contribution is 2.40. The van der Waals surface area contributed by atoms with Crippen molar-refractivity contribution in [1.29, 1.82) is 0 Å². The Morgan fingerprint density at radius 3 is 1.99 bits per heavy atom. The lowest BCUT2D eigenvalue weighted by atomic mass is 10.0. The van der Waals surface area contributed by atoms with Crippen molar-refractivity contribution in [2.75, 3.05) is 29.9 Å². The van der Waals surface area contributed by atoms with Crippen LogP contribution in [-0.2, 0) is 40.5 Å². The van der Waals surface area contributed by atoms with E-state index in [1.165, 1.54) is 12.3 Å². The van der Waals surface area contributed by atoms with Gasteiger partial charge in [0.15, 0.2) is 5.65 Å². The molecule has 2 amide bonds. The Labute approximate surface area is 394 Å². The second kappa shape index (κ2) is 22.5. The van der Waals surface area contributed by atoms with Crippen molar-refractivity contribution in [3.8, 4) is 17.0 Å². The molecule has 0 bridgehead atoms. The predicted molar refractivity (Wildman–Crippen MR) is 257 cm³/mol. The van der Waals surface area contributed by atoms with Gasteiger partial charge in [-0.05, 0) is 62.9 Å². The van der Waals surface area contributed by atoms with Crippen molar-refractivity contribution in [2.24, 2.45) is 0 Å². The van der Waals surface area contributed by atoms with Gasteiger partial charge in [-0.25, -0.2) is 28.7 Å². The summed E-state index contributed by atoms with van der Waals surface area (Å²) in [4.78, 5) is 50.8. The fourth-order valence-corrected chi connectivity index (χ4v) is 7.23. The van der Waals surface area contributed by atoms with Gasteiger partial charge in [0.1, 0.15) is 41.3 Å². The number of aromatic nitrogens is 4. The number of rotatable bonds is 19. The van der Waals surface area contributed by atoms with Crippen molar-refractivity contribution >= 4 is 35.4 Å². The van der Waals surface area contributed by atoms with E-state index in [1.807, 2.05) is 122 Å². The Balaban J connectivity index is 1.28. The van der Waals surface area contributed by atoms with Crippen LogP contribution in [0, 0.1) is 12.7 Å². The fraction of sp³-hybridized carbons (Fsp3) is 0.269. The third-order valence-corrected chi connectivity index (χ3v) is 10.4. The van der Waals surface area contributed by atoms with Crippen LogP contribution >= 0.6 is 0 Å². The summed E-state index contributed by atoms with van der Waals surface area (Å²) in [6.07, 6.45) is 0.112. The van der Waals surface area contributed by atoms with Gasteiger partial charge in [-0.2, -0.15) is 9.61 Å². The van der Waals surface area contributed by atoms with E-state index in [2.05, 4.69) is 25.8 Å². The minimum Gasteiger partial charge on any atom is -0.470 e. The van der Waals surface area contributed by atoms with Gasteiger partial charge in [0.25, 0.3) is 0 Å². The molecule has 0 saturated heterocycles. The monoisotopic (exact) mass is 922 g/mol. The molecule has 352 valence electrons. The number of ether oxygens (including phenoxy) is 4. The number of anilines is 2. The van der Waals surface area contributed by atoms with Crippen LogP contribution in [-0.4, -0.2) is 69.1 Å². The Kier molecular flexibility index (Phi) is 15.8. The van der Waals surface area contributed by atoms with Crippen molar-refractivity contribution in [3.05, 3.63) is 173 Å². The lowest BCUT2D eigenvalue weighted by Crippen LogP contribution is -2.44. The number of esters is 1. The number of hydrogen-bond donors (Lipinski definition) is 3. The molecule has 7 aromatic rings. The first-order chi connectivity index (χ1) is 32.8. The Bertz CT molecular complexity index is 2750. The number of nitrogens with one attached hydrogen (secondary N) is 3. The largest absolute Gasteiger partial charge is 0.470 e. The SMILES string of the molecule is CCOC(=O)c1cnn2c(N(Cc3ccccc3)Cc3ccccc3)c(-c3ccc(C)cc3)c(NCc3cc(F)cnc3OC(CNC(=O)OCc3ccccc3)CNC(=O)OC(C)(C)C)nc12. The predicted octanol–water partition coefficient (Wildman–Crippen LogP) is 9.43. The van der Waals surface area contributed by atoms with Gasteiger partial charge in [0, 0.05) is 25.2 Å². The van der Waals surface area contributed by atoms with Crippen molar-refractivity contribution in [1.82, 2.24) is 30.2 Å². The van der Waals surface area contributed by atoms with Crippen LogP contribution in [0.2, 0.25) is 0 Å². The number of aryl methyl sites for hydroxylation is 1. The number of hydrogen-bond acceptors (Lipinski definition) is 12. The maximum absolute atomic E-state index is 15.3. The Morgan fingerprint density at radius 2 is 1.38 bits per heavy atom. The second-order valence-electron chi connectivity index (χ2n) is 16.9. The zero-order valence-electron chi connectivity index (χ0n) is 38.7. The molecule has 0 spiro atoms. The van der Waals surface area contributed by atoms with Crippen LogP contribution < -0.4 is 25.6 Å². The maximum Gasteiger partial charge on any atom is 0.407 e. The summed E-state index contributed by atoms with van der Waals surface area (Å²) in [5, 5.41) is 13.6. The average molecular weight is 923 g/mol. The number of benzene rings is 4. The topological polar surface area (TPSA) is 171 Å². The van der Waals surface area contributed by atoms with E-state index < -0.39 is 35.7 Å². The zero-order chi connectivity index (χ0) is 48.0. The first-order valence-corrected chi connectivity index (χ1v) is 22.3. The van der Waals surface area contributed by atoms with E-state index in [0.29, 0.717) is 30.3 Å². The number of amides is 2. The molecule has 15 nitrogen and oxygen atoms in total. The maximum atomic E-state index is 15.3. The third-order valence-electron chi connectivity index (χ3n) is 10.4. The number of carbonyl (C=O) groups excluding carboxylic acids is 3. The molecule has 3 heterocycles. The standard InChI is InChI=1S/C52H55FN8O7/c1-6-65-49(62)43-31-58-61-46(43)59-45(44(39-24-22-35(2)23-25-39)48(61)60(32-36-16-10-7-11-17-36)33-37-18-12-8-13-19-37)54-27-40-26-41(53)28-55-47(40)67-42(30-57-51(64)68-52(3,4)5)29-56-50(63)66-34-38-20-14-9-15-21-38/h7-26,28,31,42H,6,27,29-30,32-34H2,1-5H3,(H,54,59)(H,56,63)(H,57,64). The van der Waals surface area contributed by atoms with Gasteiger partial charge in [0.05, 0.1) is 37.7 Å². The van der Waals surface area contributed by atoms with Gasteiger partial charge in [-0.15, -0.1) is 0 Å². The number of pyridine rings is 1. The molecule has 0 aliphatic rings. The van der Waals surface area contributed by atoms with Gasteiger partial charge in [-0.3, -0.25) is 0 Å². The van der Waals surface area contributed by atoms with Crippen molar-refractivity contribution in [2.45, 2.75) is 72.6 Å². The summed E-state index contributed by atoms with van der Waals surface area (Å²) in [6.45, 7) is 9.65. The lowest BCUT2D eigenvalue weighted by molar-refractivity contribution is 0.0496. The van der Waals surface area contributed by atoms with Crippen LogP contribution in [0.25, 0.3) is 16.8 Å². The minimum atomic E-state index is -0.934. The van der Waals surface area contributed by atoms with Crippen molar-refractivity contribution < 1.29 is 37.7 Å². The fourth-order valence-electron chi connectivity index (χ4n) is 7.23. The quantitative estimate of drug-likeness (QED) is 0.0520. The highest BCUT2D eigenvalue weighted by molar-refractivity contribution is 5.98. The summed E-state index contributed by atoms with van der Waals surface area (Å²) in [5.74, 6) is -0.257. The van der Waals surface area contributed by atoms with Gasteiger partial charge < -0.3 is 39.8 Å². The molecule has 3 N–H and O–H groups in total. The minimum absolute atomic E-state index is 0.0128. The van der Waals surface area contributed by atoms with Crippen LogP contribution in [0.3, 0.4) is 0 Å². The first-order valence-electron chi connectivity index (χ1n) is 22.3. The molecule has 0 aliphatic carbocycles. The zero-order valence-corrected chi connectivity index (χ0v) is 38.7. The van der Waals surface area contributed by atoms with E-state index in [0.717, 1.165) is 34.0 Å². The molecule has 68 heavy (non-hydrogen) atoms. The normalized spacial score (nSPS) is 11.6. The smallest absolute Gasteiger partial charge is 0.407 e. The molecule has 0 fully saturated rings. The second-order valence-corrected chi connectivity index (χ2v) is 16.9. The summed E-state index contributed by atoms with van der Waals surface area (Å²) in [6, 6.07) is 38.5. The molecular formula is C52H55FN8O7. The summed E-state index contributed by atoms with van der Waals surface area (Å²) < 4.78 is 39.7. The van der Waals surface area contributed by atoms with Gasteiger partial charge in [0.2, 0.25) is 5.88 Å². The molecule has 16 heteroatoms. The Hall–Kier alpha value is -8.01. The first kappa shape index (κ1) is 47.9.